The fourth-order valence-electron chi connectivity index (χ4n) is 3.26. The lowest BCUT2D eigenvalue weighted by atomic mass is 10.2. The molecule has 2 heterocycles. The normalized spacial score (nSPS) is 13.7. The molecule has 31 heavy (non-hydrogen) atoms. The van der Waals surface area contributed by atoms with E-state index in [1.54, 1.807) is 6.07 Å². The van der Waals surface area contributed by atoms with E-state index in [0.717, 1.165) is 18.8 Å². The Bertz CT molecular complexity index is 959. The third-order valence-corrected chi connectivity index (χ3v) is 5.13. The molecule has 1 aromatic heterocycles. The minimum atomic E-state index is -0.490. The van der Waals surface area contributed by atoms with Crippen molar-refractivity contribution in [3.05, 3.63) is 40.1 Å². The summed E-state index contributed by atoms with van der Waals surface area (Å²) in [6, 6.07) is 4.82. The van der Waals surface area contributed by atoms with Gasteiger partial charge in [0, 0.05) is 31.3 Å². The van der Waals surface area contributed by atoms with Crippen LogP contribution in [-0.4, -0.2) is 61.6 Å². The van der Waals surface area contributed by atoms with Crippen molar-refractivity contribution in [2.45, 2.75) is 19.6 Å². The Morgan fingerprint density at radius 1 is 1.19 bits per heavy atom. The maximum Gasteiger partial charge on any atom is 0.274 e. The summed E-state index contributed by atoms with van der Waals surface area (Å²) in [5.41, 5.74) is 1.03. The van der Waals surface area contributed by atoms with Gasteiger partial charge in [-0.3, -0.25) is 9.59 Å². The molecule has 1 aliphatic rings. The molecular formula is C21H28N4O5S. The van der Waals surface area contributed by atoms with E-state index in [0.29, 0.717) is 55.2 Å². The van der Waals surface area contributed by atoms with Crippen molar-refractivity contribution in [3.8, 4) is 11.5 Å². The van der Waals surface area contributed by atoms with Gasteiger partial charge >= 0.3 is 0 Å². The molecule has 0 atom stereocenters. The van der Waals surface area contributed by atoms with Crippen LogP contribution in [0.1, 0.15) is 30.2 Å². The van der Waals surface area contributed by atoms with Gasteiger partial charge in [-0.2, -0.15) is 11.8 Å². The van der Waals surface area contributed by atoms with Gasteiger partial charge in [0.2, 0.25) is 0 Å². The number of thioether (sulfide) groups is 1. The fourth-order valence-corrected chi connectivity index (χ4v) is 3.67. The third-order valence-electron chi connectivity index (χ3n) is 4.57. The minimum absolute atomic E-state index is 0.0467. The van der Waals surface area contributed by atoms with Gasteiger partial charge < -0.3 is 29.4 Å². The standard InChI is InChI=1S/C21H28N4O5S/c1-4-29-17-12-16(25-6-8-28-9-7-25)18(30-5-2)10-14(17)23-21(27)15-11-20(26)24-19(22-15)13-31-3/h10-12H,4-9,13H2,1-3H3,(H,23,27)(H,22,24,26). The number of carbonyl (C=O) groups excluding carboxylic acids is 1. The van der Waals surface area contributed by atoms with Crippen LogP contribution in [0, 0.1) is 0 Å². The average molecular weight is 449 g/mol. The molecule has 0 unspecified atom stereocenters. The molecule has 1 aliphatic heterocycles. The van der Waals surface area contributed by atoms with Gasteiger partial charge in [0.05, 0.1) is 43.6 Å². The summed E-state index contributed by atoms with van der Waals surface area (Å²) in [5.74, 6) is 1.63. The molecule has 9 nitrogen and oxygen atoms in total. The molecule has 1 amide bonds. The molecule has 0 spiro atoms. The van der Waals surface area contributed by atoms with E-state index in [9.17, 15) is 9.59 Å². The van der Waals surface area contributed by atoms with Crippen molar-refractivity contribution in [2.24, 2.45) is 0 Å². The van der Waals surface area contributed by atoms with E-state index in [-0.39, 0.29) is 11.3 Å². The van der Waals surface area contributed by atoms with E-state index in [4.69, 9.17) is 14.2 Å². The Kier molecular flexibility index (Phi) is 8.19. The first kappa shape index (κ1) is 23.0. The zero-order valence-electron chi connectivity index (χ0n) is 18.0. The van der Waals surface area contributed by atoms with E-state index in [2.05, 4.69) is 20.2 Å². The SMILES string of the molecule is CCOc1cc(N2CCOCC2)c(OCC)cc1NC(=O)c1cc(=O)[nH]c(CSC)n1. The number of morpholine rings is 1. The molecule has 0 saturated carbocycles. The number of aromatic nitrogens is 2. The second kappa shape index (κ2) is 11.1. The van der Waals surface area contributed by atoms with Gasteiger partial charge in [0.25, 0.3) is 11.5 Å². The van der Waals surface area contributed by atoms with Crippen molar-refractivity contribution in [1.82, 2.24) is 9.97 Å². The summed E-state index contributed by atoms with van der Waals surface area (Å²) in [5, 5.41) is 2.83. The van der Waals surface area contributed by atoms with Gasteiger partial charge in [0.15, 0.2) is 0 Å². The van der Waals surface area contributed by atoms with Crippen LogP contribution in [0.3, 0.4) is 0 Å². The van der Waals surface area contributed by atoms with Gasteiger partial charge in [0.1, 0.15) is 23.0 Å². The zero-order valence-corrected chi connectivity index (χ0v) is 18.8. The molecule has 1 saturated heterocycles. The second-order valence-electron chi connectivity index (χ2n) is 6.75. The van der Waals surface area contributed by atoms with Crippen molar-refractivity contribution >= 4 is 29.0 Å². The number of hydrogen-bond donors (Lipinski definition) is 2. The Balaban J connectivity index is 1.94. The summed E-state index contributed by atoms with van der Waals surface area (Å²) in [4.78, 5) is 33.9. The number of rotatable bonds is 9. The molecule has 1 aromatic carbocycles. The van der Waals surface area contributed by atoms with Gasteiger partial charge in [-0.05, 0) is 20.1 Å². The van der Waals surface area contributed by atoms with E-state index < -0.39 is 5.91 Å². The number of hydrogen-bond acceptors (Lipinski definition) is 8. The molecule has 2 aromatic rings. The summed E-state index contributed by atoms with van der Waals surface area (Å²) >= 11 is 1.50. The lowest BCUT2D eigenvalue weighted by molar-refractivity contribution is 0.102. The Hall–Kier alpha value is -2.72. The molecule has 1 fully saturated rings. The van der Waals surface area contributed by atoms with Crippen LogP contribution in [0.5, 0.6) is 11.5 Å². The lowest BCUT2D eigenvalue weighted by Gasteiger charge is -2.31. The molecule has 3 rings (SSSR count). The molecule has 0 bridgehead atoms. The molecule has 0 aliphatic carbocycles. The number of carbonyl (C=O) groups is 1. The Labute approximate surface area is 185 Å². The molecule has 0 radical (unpaired) electrons. The molecule has 2 N–H and O–H groups in total. The number of aromatic amines is 1. The van der Waals surface area contributed by atoms with Crippen LogP contribution < -0.4 is 25.2 Å². The topological polar surface area (TPSA) is 106 Å². The lowest BCUT2D eigenvalue weighted by Crippen LogP contribution is -2.36. The number of nitrogens with one attached hydrogen (secondary N) is 2. The number of ether oxygens (including phenoxy) is 3. The zero-order chi connectivity index (χ0) is 22.2. The first-order valence-corrected chi connectivity index (χ1v) is 11.6. The first-order chi connectivity index (χ1) is 15.0. The quantitative estimate of drug-likeness (QED) is 0.603. The van der Waals surface area contributed by atoms with Crippen LogP contribution >= 0.6 is 11.8 Å². The minimum Gasteiger partial charge on any atom is -0.492 e. The van der Waals surface area contributed by atoms with Crippen molar-refractivity contribution < 1.29 is 19.0 Å². The highest BCUT2D eigenvalue weighted by Gasteiger charge is 2.21. The summed E-state index contributed by atoms with van der Waals surface area (Å²) in [6.45, 7) is 7.46. The van der Waals surface area contributed by atoms with Gasteiger partial charge in [-0.15, -0.1) is 0 Å². The van der Waals surface area contributed by atoms with Crippen LogP contribution in [0.25, 0.3) is 0 Å². The maximum absolute atomic E-state index is 12.9. The first-order valence-electron chi connectivity index (χ1n) is 10.2. The number of benzene rings is 1. The number of anilines is 2. The van der Waals surface area contributed by atoms with Crippen molar-refractivity contribution in [2.75, 3.05) is 56.0 Å². The Morgan fingerprint density at radius 3 is 2.58 bits per heavy atom. The molecule has 10 heteroatoms. The van der Waals surface area contributed by atoms with Crippen LogP contribution in [0.15, 0.2) is 23.0 Å². The summed E-state index contributed by atoms with van der Waals surface area (Å²) in [6.07, 6.45) is 1.90. The summed E-state index contributed by atoms with van der Waals surface area (Å²) in [7, 11) is 0. The van der Waals surface area contributed by atoms with Gasteiger partial charge in [-0.25, -0.2) is 4.98 Å². The number of nitrogens with zero attached hydrogens (tertiary/aromatic N) is 2. The second-order valence-corrected chi connectivity index (χ2v) is 7.61. The highest BCUT2D eigenvalue weighted by atomic mass is 32.2. The molecular weight excluding hydrogens is 420 g/mol. The van der Waals surface area contributed by atoms with Crippen LogP contribution in [0.2, 0.25) is 0 Å². The summed E-state index contributed by atoms with van der Waals surface area (Å²) < 4.78 is 17.1. The Morgan fingerprint density at radius 2 is 1.90 bits per heavy atom. The fraction of sp³-hybridized carbons (Fsp3) is 0.476. The van der Waals surface area contributed by atoms with Crippen molar-refractivity contribution in [1.29, 1.82) is 0 Å². The average Bonchev–Trinajstić information content (AvgIpc) is 2.76. The predicted octanol–water partition coefficient (Wildman–Crippen LogP) is 2.52. The monoisotopic (exact) mass is 448 g/mol. The maximum atomic E-state index is 12.9. The predicted molar refractivity (Wildman–Crippen MR) is 122 cm³/mol. The van der Waals surface area contributed by atoms with Crippen molar-refractivity contribution in [3.63, 3.8) is 0 Å². The van der Waals surface area contributed by atoms with E-state index in [1.165, 1.54) is 17.8 Å². The largest absolute Gasteiger partial charge is 0.492 e. The number of H-pyrrole nitrogens is 1. The van der Waals surface area contributed by atoms with Crippen LogP contribution in [-0.2, 0) is 10.5 Å². The number of amides is 1. The van der Waals surface area contributed by atoms with Crippen LogP contribution in [0.4, 0.5) is 11.4 Å². The smallest absolute Gasteiger partial charge is 0.274 e. The highest BCUT2D eigenvalue weighted by molar-refractivity contribution is 7.97. The van der Waals surface area contributed by atoms with E-state index >= 15 is 0 Å². The molecule has 168 valence electrons. The van der Waals surface area contributed by atoms with E-state index in [1.807, 2.05) is 26.2 Å². The van der Waals surface area contributed by atoms with Gasteiger partial charge in [-0.1, -0.05) is 0 Å². The highest BCUT2D eigenvalue weighted by Crippen LogP contribution is 2.39. The third kappa shape index (κ3) is 5.92.